The Hall–Kier alpha value is -1.10. The molecule has 0 saturated carbocycles. The van der Waals surface area contributed by atoms with Gasteiger partial charge < -0.3 is 15.5 Å². The zero-order chi connectivity index (χ0) is 12.6. The lowest BCUT2D eigenvalue weighted by Crippen LogP contribution is -2.45. The van der Waals surface area contributed by atoms with Gasteiger partial charge in [0.1, 0.15) is 6.04 Å². The maximum absolute atomic E-state index is 11.7. The van der Waals surface area contributed by atoms with E-state index in [0.29, 0.717) is 6.42 Å². The van der Waals surface area contributed by atoms with Crippen LogP contribution in [0.5, 0.6) is 0 Å². The number of hydrogen-bond acceptors (Lipinski definition) is 3. The van der Waals surface area contributed by atoms with Crippen LogP contribution in [0.3, 0.4) is 0 Å². The topological polar surface area (TPSA) is 86.6 Å². The second kappa shape index (κ2) is 8.10. The molecule has 0 radical (unpaired) electrons. The maximum Gasteiger partial charge on any atom is 0.328 e. The fourth-order valence-corrected chi connectivity index (χ4v) is 1.45. The Balaban J connectivity index is 4.23. The van der Waals surface area contributed by atoms with E-state index in [1.54, 1.807) is 0 Å². The van der Waals surface area contributed by atoms with Gasteiger partial charge in [0.15, 0.2) is 0 Å². The molecule has 0 aliphatic heterocycles. The van der Waals surface area contributed by atoms with E-state index in [1.165, 1.54) is 0 Å². The molecule has 0 bridgehead atoms. The second-order valence-electron chi connectivity index (χ2n) is 3.83. The van der Waals surface area contributed by atoms with Crippen LogP contribution >= 0.6 is 0 Å². The summed E-state index contributed by atoms with van der Waals surface area (Å²) in [4.78, 5) is 22.3. The number of carboxylic acids is 1. The molecule has 0 rings (SSSR count). The zero-order valence-corrected chi connectivity index (χ0v) is 9.90. The largest absolute Gasteiger partial charge is 0.480 e. The van der Waals surface area contributed by atoms with Crippen LogP contribution in [-0.4, -0.2) is 34.7 Å². The van der Waals surface area contributed by atoms with Gasteiger partial charge in [-0.1, -0.05) is 26.7 Å². The number of carbonyl (C=O) groups excluding carboxylic acids is 1. The summed E-state index contributed by atoms with van der Waals surface area (Å²) < 4.78 is 0. The summed E-state index contributed by atoms with van der Waals surface area (Å²) in [6.07, 6.45) is 3.40. The van der Waals surface area contributed by atoms with Crippen molar-refractivity contribution >= 4 is 11.9 Å². The smallest absolute Gasteiger partial charge is 0.328 e. The first-order valence-corrected chi connectivity index (χ1v) is 5.70. The third-order valence-corrected chi connectivity index (χ3v) is 2.57. The number of amides is 1. The standard InChI is InChI=1S/C11H21NO4/c1-3-5-6-8(4-2)10(14)12-9(7-13)11(15)16/h8-9,13H,3-7H2,1-2H3,(H,12,14)(H,15,16)/t8?,9-/m0/s1. The Labute approximate surface area is 95.9 Å². The maximum atomic E-state index is 11.7. The Kier molecular flexibility index (Phi) is 7.54. The van der Waals surface area contributed by atoms with Crippen LogP contribution in [0, 0.1) is 5.92 Å². The molecule has 0 aromatic heterocycles. The van der Waals surface area contributed by atoms with Crippen molar-refractivity contribution in [2.75, 3.05) is 6.61 Å². The first-order valence-electron chi connectivity index (χ1n) is 5.70. The highest BCUT2D eigenvalue weighted by molar-refractivity contribution is 5.84. The lowest BCUT2D eigenvalue weighted by Gasteiger charge is -2.17. The number of carbonyl (C=O) groups is 2. The molecule has 3 N–H and O–H groups in total. The Morgan fingerprint density at radius 2 is 1.94 bits per heavy atom. The Morgan fingerprint density at radius 1 is 1.31 bits per heavy atom. The van der Waals surface area contributed by atoms with Crippen LogP contribution in [0.15, 0.2) is 0 Å². The van der Waals surface area contributed by atoms with E-state index in [-0.39, 0.29) is 11.8 Å². The monoisotopic (exact) mass is 231 g/mol. The number of aliphatic hydroxyl groups is 1. The summed E-state index contributed by atoms with van der Waals surface area (Å²) in [7, 11) is 0. The van der Waals surface area contributed by atoms with Gasteiger partial charge in [0.05, 0.1) is 6.61 Å². The average molecular weight is 231 g/mol. The number of hydrogen-bond donors (Lipinski definition) is 3. The number of nitrogens with one attached hydrogen (secondary N) is 1. The molecule has 5 nitrogen and oxygen atoms in total. The number of carboxylic acid groups (broad SMARTS) is 1. The zero-order valence-electron chi connectivity index (χ0n) is 9.90. The predicted molar refractivity (Wildman–Crippen MR) is 60.0 cm³/mol. The van der Waals surface area contributed by atoms with E-state index in [4.69, 9.17) is 10.2 Å². The van der Waals surface area contributed by atoms with Gasteiger partial charge in [-0.15, -0.1) is 0 Å². The van der Waals surface area contributed by atoms with Crippen molar-refractivity contribution in [1.82, 2.24) is 5.32 Å². The highest BCUT2D eigenvalue weighted by Gasteiger charge is 2.23. The van der Waals surface area contributed by atoms with Crippen LogP contribution in [0.2, 0.25) is 0 Å². The SMILES string of the molecule is CCCCC(CC)C(=O)N[C@@H](CO)C(=O)O. The van der Waals surface area contributed by atoms with Crippen molar-refractivity contribution in [3.8, 4) is 0 Å². The van der Waals surface area contributed by atoms with E-state index in [0.717, 1.165) is 19.3 Å². The summed E-state index contributed by atoms with van der Waals surface area (Å²) >= 11 is 0. The lowest BCUT2D eigenvalue weighted by atomic mass is 9.98. The van der Waals surface area contributed by atoms with E-state index in [1.807, 2.05) is 13.8 Å². The predicted octanol–water partition coefficient (Wildman–Crippen LogP) is 0.764. The highest BCUT2D eigenvalue weighted by atomic mass is 16.4. The summed E-state index contributed by atoms with van der Waals surface area (Å²) in [6.45, 7) is 3.36. The molecular formula is C11H21NO4. The molecule has 0 heterocycles. The summed E-state index contributed by atoms with van der Waals surface area (Å²) in [6, 6.07) is -1.19. The van der Waals surface area contributed by atoms with Crippen molar-refractivity contribution in [1.29, 1.82) is 0 Å². The van der Waals surface area contributed by atoms with Gasteiger partial charge in [-0.3, -0.25) is 4.79 Å². The van der Waals surface area contributed by atoms with Crippen molar-refractivity contribution in [3.63, 3.8) is 0 Å². The van der Waals surface area contributed by atoms with Gasteiger partial charge in [0.2, 0.25) is 5.91 Å². The van der Waals surface area contributed by atoms with Gasteiger partial charge >= 0.3 is 5.97 Å². The molecule has 94 valence electrons. The molecule has 5 heteroatoms. The molecule has 0 aromatic carbocycles. The van der Waals surface area contributed by atoms with E-state index in [9.17, 15) is 9.59 Å². The number of rotatable bonds is 8. The van der Waals surface area contributed by atoms with Gasteiger partial charge in [-0.25, -0.2) is 4.79 Å². The minimum Gasteiger partial charge on any atom is -0.480 e. The van der Waals surface area contributed by atoms with Gasteiger partial charge in [-0.2, -0.15) is 0 Å². The lowest BCUT2D eigenvalue weighted by molar-refractivity contribution is -0.143. The summed E-state index contributed by atoms with van der Waals surface area (Å²) in [5, 5.41) is 19.8. The quantitative estimate of drug-likeness (QED) is 0.575. The van der Waals surface area contributed by atoms with Crippen molar-refractivity contribution in [2.24, 2.45) is 5.92 Å². The van der Waals surface area contributed by atoms with Crippen LogP contribution in [0.1, 0.15) is 39.5 Å². The molecule has 2 atom stereocenters. The second-order valence-corrected chi connectivity index (χ2v) is 3.83. The minimum atomic E-state index is -1.21. The number of aliphatic hydroxyl groups excluding tert-OH is 1. The molecule has 0 spiro atoms. The van der Waals surface area contributed by atoms with Crippen molar-refractivity contribution < 1.29 is 19.8 Å². The summed E-state index contributed by atoms with van der Waals surface area (Å²) in [5.41, 5.74) is 0. The summed E-state index contributed by atoms with van der Waals surface area (Å²) in [5.74, 6) is -1.65. The number of unbranched alkanes of at least 4 members (excludes halogenated alkanes) is 1. The van der Waals surface area contributed by atoms with Crippen LogP contribution in [-0.2, 0) is 9.59 Å². The van der Waals surface area contributed by atoms with E-state index in [2.05, 4.69) is 5.32 Å². The average Bonchev–Trinajstić information content (AvgIpc) is 2.26. The molecule has 0 aromatic rings. The molecule has 1 unspecified atom stereocenters. The fraction of sp³-hybridized carbons (Fsp3) is 0.818. The molecule has 16 heavy (non-hydrogen) atoms. The van der Waals surface area contributed by atoms with Crippen LogP contribution in [0.4, 0.5) is 0 Å². The van der Waals surface area contributed by atoms with E-state index < -0.39 is 18.6 Å². The first kappa shape index (κ1) is 14.9. The van der Waals surface area contributed by atoms with Crippen molar-refractivity contribution in [3.05, 3.63) is 0 Å². The molecule has 0 aliphatic carbocycles. The Morgan fingerprint density at radius 3 is 2.31 bits per heavy atom. The van der Waals surface area contributed by atoms with E-state index >= 15 is 0 Å². The molecule has 0 fully saturated rings. The van der Waals surface area contributed by atoms with Crippen LogP contribution < -0.4 is 5.32 Å². The highest BCUT2D eigenvalue weighted by Crippen LogP contribution is 2.12. The Bertz CT molecular complexity index is 230. The minimum absolute atomic E-state index is 0.159. The molecular weight excluding hydrogens is 210 g/mol. The molecule has 1 amide bonds. The number of aliphatic carboxylic acids is 1. The van der Waals surface area contributed by atoms with Gasteiger partial charge in [-0.05, 0) is 12.8 Å². The molecule has 0 aliphatic rings. The van der Waals surface area contributed by atoms with Gasteiger partial charge in [0, 0.05) is 5.92 Å². The van der Waals surface area contributed by atoms with Crippen LogP contribution in [0.25, 0.3) is 0 Å². The van der Waals surface area contributed by atoms with Gasteiger partial charge in [0.25, 0.3) is 0 Å². The third kappa shape index (κ3) is 5.11. The first-order chi connectivity index (χ1) is 7.56. The normalized spacial score (nSPS) is 14.2. The third-order valence-electron chi connectivity index (χ3n) is 2.57. The molecule has 0 saturated heterocycles. The van der Waals surface area contributed by atoms with Crippen molar-refractivity contribution in [2.45, 2.75) is 45.6 Å². The fourth-order valence-electron chi connectivity index (χ4n) is 1.45.